The molecule has 11 nitrogen and oxygen atoms in total. The van der Waals surface area contributed by atoms with Crippen molar-refractivity contribution in [2.75, 3.05) is 56.4 Å². The van der Waals surface area contributed by atoms with Crippen molar-refractivity contribution >= 4 is 11.9 Å². The molecule has 0 unspecified atom stereocenters. The highest BCUT2D eigenvalue weighted by Crippen LogP contribution is 2.21. The molecule has 4 aromatic rings. The molecular formula is C27H28FN9O2. The Balaban J connectivity index is 1.22. The molecule has 1 saturated heterocycles. The van der Waals surface area contributed by atoms with Gasteiger partial charge in [0.15, 0.2) is 5.75 Å². The van der Waals surface area contributed by atoms with E-state index in [1.54, 1.807) is 49.0 Å². The summed E-state index contributed by atoms with van der Waals surface area (Å²) in [6.07, 6.45) is 12.0. The number of piperazine rings is 1. The molecule has 4 aromatic heterocycles. The van der Waals surface area contributed by atoms with E-state index < -0.39 is 6.67 Å². The van der Waals surface area contributed by atoms with Gasteiger partial charge in [0.1, 0.15) is 13.3 Å². The quantitative estimate of drug-likeness (QED) is 0.315. The second-order valence-electron chi connectivity index (χ2n) is 8.86. The van der Waals surface area contributed by atoms with Crippen LogP contribution < -0.4 is 14.5 Å². The maximum atomic E-state index is 12.3. The van der Waals surface area contributed by atoms with E-state index >= 15 is 0 Å². The lowest BCUT2D eigenvalue weighted by Gasteiger charge is -2.41. The van der Waals surface area contributed by atoms with Crippen molar-refractivity contribution in [1.29, 1.82) is 0 Å². The average molecular weight is 530 g/mol. The normalized spacial score (nSPS) is 15.1. The first-order valence-corrected chi connectivity index (χ1v) is 12.4. The van der Waals surface area contributed by atoms with Gasteiger partial charge in [-0.2, -0.15) is 5.10 Å². The maximum absolute atomic E-state index is 12.3. The van der Waals surface area contributed by atoms with Crippen molar-refractivity contribution in [3.05, 3.63) is 66.6 Å². The maximum Gasteiger partial charge on any atom is 0.225 e. The minimum atomic E-state index is -0.562. The lowest BCUT2D eigenvalue weighted by molar-refractivity contribution is 0.173. The molecule has 0 aromatic carbocycles. The summed E-state index contributed by atoms with van der Waals surface area (Å²) in [5, 5.41) is 4.18. The Kier molecular flexibility index (Phi) is 8.18. The van der Waals surface area contributed by atoms with E-state index in [-0.39, 0.29) is 12.6 Å². The van der Waals surface area contributed by atoms with Crippen LogP contribution in [0.15, 0.2) is 55.5 Å². The van der Waals surface area contributed by atoms with Crippen LogP contribution in [0.5, 0.6) is 5.75 Å². The molecule has 0 amide bonds. The van der Waals surface area contributed by atoms with E-state index in [1.165, 1.54) is 0 Å². The largest absolute Gasteiger partial charge is 0.488 e. The van der Waals surface area contributed by atoms with E-state index in [0.717, 1.165) is 16.8 Å². The first kappa shape index (κ1) is 26.0. The van der Waals surface area contributed by atoms with Gasteiger partial charge in [0.05, 0.1) is 42.5 Å². The molecular weight excluding hydrogens is 501 g/mol. The molecule has 0 N–H and O–H groups in total. The fraction of sp³-hybridized carbons (Fsp3) is 0.333. The van der Waals surface area contributed by atoms with Crippen molar-refractivity contribution in [3.8, 4) is 28.8 Å². The van der Waals surface area contributed by atoms with E-state index in [0.29, 0.717) is 49.5 Å². The minimum Gasteiger partial charge on any atom is -0.488 e. The lowest BCUT2D eigenvalue weighted by Crippen LogP contribution is -2.56. The molecule has 39 heavy (non-hydrogen) atoms. The summed E-state index contributed by atoms with van der Waals surface area (Å²) < 4.78 is 24.8. The van der Waals surface area contributed by atoms with E-state index in [9.17, 15) is 4.39 Å². The molecule has 200 valence electrons. The highest BCUT2D eigenvalue weighted by atomic mass is 19.1. The monoisotopic (exact) mass is 529 g/mol. The molecule has 0 aliphatic carbocycles. The van der Waals surface area contributed by atoms with Crippen LogP contribution >= 0.6 is 0 Å². The number of hydrogen-bond donors (Lipinski definition) is 0. The molecule has 5 heterocycles. The molecule has 0 bridgehead atoms. The van der Waals surface area contributed by atoms with Crippen molar-refractivity contribution < 1.29 is 13.9 Å². The van der Waals surface area contributed by atoms with Crippen molar-refractivity contribution in [1.82, 2.24) is 34.7 Å². The predicted octanol–water partition coefficient (Wildman–Crippen LogP) is 2.15. The Morgan fingerprint density at radius 3 is 2.33 bits per heavy atom. The highest BCUT2D eigenvalue weighted by Gasteiger charge is 2.30. The lowest BCUT2D eigenvalue weighted by atomic mass is 10.2. The first-order chi connectivity index (χ1) is 19.1. The van der Waals surface area contributed by atoms with Gasteiger partial charge in [-0.25, -0.2) is 24.3 Å². The van der Waals surface area contributed by atoms with E-state index in [4.69, 9.17) is 9.47 Å². The number of rotatable bonds is 8. The summed E-state index contributed by atoms with van der Waals surface area (Å²) in [7, 11) is 3.54. The average Bonchev–Trinajstić information content (AvgIpc) is 3.42. The molecule has 1 aliphatic heterocycles. The minimum absolute atomic E-state index is 0.00781. The standard InChI is InChI=1S/C27H28FN9O2/c1-35-17-22(14-34-35)25-6-5-20(11-29-25)3-4-21-12-30-26(31-13-21)36-8-9-37(23(18-36)19-38-2)27-32-15-24(16-33-27)39-10-7-28/h5-6,11-17,23H,7-10,18-19H2,1-2H3/t23-/m1/s1. The number of alkyl halides is 1. The Bertz CT molecular complexity index is 1420. The molecule has 0 radical (unpaired) electrons. The van der Waals surface area contributed by atoms with Crippen molar-refractivity contribution in [2.45, 2.75) is 6.04 Å². The van der Waals surface area contributed by atoms with Gasteiger partial charge in [-0.05, 0) is 12.1 Å². The van der Waals surface area contributed by atoms with Crippen LogP contribution in [0.1, 0.15) is 11.1 Å². The summed E-state index contributed by atoms with van der Waals surface area (Å²) in [5.74, 6) is 7.85. The molecule has 0 spiro atoms. The zero-order chi connectivity index (χ0) is 27.0. The number of methoxy groups -OCH3 is 1. The van der Waals surface area contributed by atoms with Crippen LogP contribution in [-0.4, -0.2) is 87.4 Å². The van der Waals surface area contributed by atoms with Crippen LogP contribution in [0.4, 0.5) is 16.3 Å². The third kappa shape index (κ3) is 6.45. The summed E-state index contributed by atoms with van der Waals surface area (Å²) in [5.41, 5.74) is 3.32. The smallest absolute Gasteiger partial charge is 0.225 e. The molecule has 12 heteroatoms. The van der Waals surface area contributed by atoms with Crippen LogP contribution in [0.25, 0.3) is 11.3 Å². The Hall–Kier alpha value is -4.63. The van der Waals surface area contributed by atoms with Crippen LogP contribution in [0.2, 0.25) is 0 Å². The van der Waals surface area contributed by atoms with Crippen LogP contribution in [-0.2, 0) is 11.8 Å². The van der Waals surface area contributed by atoms with Gasteiger partial charge in [0.25, 0.3) is 0 Å². The SMILES string of the molecule is COC[C@H]1CN(c2ncc(C#Cc3ccc(-c4cnn(C)c4)nc3)cn2)CCN1c1ncc(OCCF)cn1. The molecule has 5 rings (SSSR count). The molecule has 1 fully saturated rings. The van der Waals surface area contributed by atoms with Crippen LogP contribution in [0.3, 0.4) is 0 Å². The second-order valence-corrected chi connectivity index (χ2v) is 8.86. The zero-order valence-electron chi connectivity index (χ0n) is 21.7. The number of ether oxygens (including phenoxy) is 2. The summed E-state index contributed by atoms with van der Waals surface area (Å²) in [6, 6.07) is 3.85. The molecule has 1 aliphatic rings. The number of aryl methyl sites for hydroxylation is 1. The topological polar surface area (TPSA) is 107 Å². The summed E-state index contributed by atoms with van der Waals surface area (Å²) in [4.78, 5) is 26.6. The first-order valence-electron chi connectivity index (χ1n) is 12.4. The number of anilines is 2. The number of hydrogen-bond acceptors (Lipinski definition) is 10. The Labute approximate surface area is 225 Å². The van der Waals surface area contributed by atoms with Gasteiger partial charge in [0, 0.05) is 69.7 Å². The third-order valence-corrected chi connectivity index (χ3v) is 6.10. The number of pyridine rings is 1. The highest BCUT2D eigenvalue weighted by molar-refractivity contribution is 5.57. The summed E-state index contributed by atoms with van der Waals surface area (Å²) in [6.45, 7) is 1.88. The fourth-order valence-electron chi connectivity index (χ4n) is 4.21. The molecule has 1 atom stereocenters. The van der Waals surface area contributed by atoms with Crippen molar-refractivity contribution in [3.63, 3.8) is 0 Å². The fourth-order valence-corrected chi connectivity index (χ4v) is 4.21. The van der Waals surface area contributed by atoms with Crippen LogP contribution in [0, 0.1) is 11.8 Å². The molecule has 0 saturated carbocycles. The van der Waals surface area contributed by atoms with Gasteiger partial charge >= 0.3 is 0 Å². The van der Waals surface area contributed by atoms with Gasteiger partial charge in [-0.15, -0.1) is 0 Å². The summed E-state index contributed by atoms with van der Waals surface area (Å²) >= 11 is 0. The Morgan fingerprint density at radius 1 is 0.923 bits per heavy atom. The van der Waals surface area contributed by atoms with Gasteiger partial charge in [-0.1, -0.05) is 11.8 Å². The van der Waals surface area contributed by atoms with Gasteiger partial charge in [0.2, 0.25) is 11.9 Å². The third-order valence-electron chi connectivity index (χ3n) is 6.10. The number of halogens is 1. The predicted molar refractivity (Wildman–Crippen MR) is 143 cm³/mol. The second kappa shape index (κ2) is 12.3. The number of nitrogens with zero attached hydrogens (tertiary/aromatic N) is 9. The number of aromatic nitrogens is 7. The zero-order valence-corrected chi connectivity index (χ0v) is 21.7. The van der Waals surface area contributed by atoms with Gasteiger partial charge < -0.3 is 19.3 Å². The Morgan fingerprint density at radius 2 is 1.67 bits per heavy atom. The van der Waals surface area contributed by atoms with E-state index in [2.05, 4.69) is 51.7 Å². The van der Waals surface area contributed by atoms with E-state index in [1.807, 2.05) is 25.4 Å². The van der Waals surface area contributed by atoms with Gasteiger partial charge in [-0.3, -0.25) is 9.67 Å². The van der Waals surface area contributed by atoms with Crippen molar-refractivity contribution in [2.24, 2.45) is 7.05 Å².